The third kappa shape index (κ3) is 3.66. The Balaban J connectivity index is 2.19. The van der Waals surface area contributed by atoms with Gasteiger partial charge in [0.15, 0.2) is 5.15 Å². The highest BCUT2D eigenvalue weighted by molar-refractivity contribution is 6.32. The van der Waals surface area contributed by atoms with Crippen molar-refractivity contribution in [3.05, 3.63) is 46.8 Å². The molecule has 0 saturated heterocycles. The quantitative estimate of drug-likeness (QED) is 0.864. The van der Waals surface area contributed by atoms with Gasteiger partial charge in [0, 0.05) is 18.6 Å². The summed E-state index contributed by atoms with van der Waals surface area (Å²) in [5.41, 5.74) is 0.889. The Morgan fingerprint density at radius 1 is 1.19 bits per heavy atom. The molecular weight excluding hydrogens is 309 g/mol. The molecular formula is C12H8ClF3N4O. The van der Waals surface area contributed by atoms with E-state index in [0.29, 0.717) is 0 Å². The van der Waals surface area contributed by atoms with Gasteiger partial charge in [0.2, 0.25) is 5.82 Å². The lowest BCUT2D eigenvalue weighted by Crippen LogP contribution is -2.16. The van der Waals surface area contributed by atoms with E-state index in [4.69, 9.17) is 11.6 Å². The maximum atomic E-state index is 12.3. The van der Waals surface area contributed by atoms with Crippen molar-refractivity contribution in [3.63, 3.8) is 0 Å². The number of aryl methyl sites for hydroxylation is 1. The minimum absolute atomic E-state index is 0.0711. The van der Waals surface area contributed by atoms with Crippen LogP contribution in [0.2, 0.25) is 5.15 Å². The lowest BCUT2D eigenvalue weighted by atomic mass is 10.2. The maximum absolute atomic E-state index is 12.3. The van der Waals surface area contributed by atoms with Crippen molar-refractivity contribution in [1.82, 2.24) is 15.0 Å². The highest BCUT2D eigenvalue weighted by Gasteiger charge is 2.34. The molecule has 1 amide bonds. The molecule has 9 heteroatoms. The summed E-state index contributed by atoms with van der Waals surface area (Å²) in [6.07, 6.45) is -1.55. The van der Waals surface area contributed by atoms with Crippen molar-refractivity contribution in [2.45, 2.75) is 13.1 Å². The third-order valence-electron chi connectivity index (χ3n) is 2.39. The molecule has 5 nitrogen and oxygen atoms in total. The Morgan fingerprint density at radius 2 is 1.81 bits per heavy atom. The van der Waals surface area contributed by atoms with Crippen LogP contribution < -0.4 is 5.32 Å². The Labute approximate surface area is 122 Å². The number of aromatic nitrogens is 3. The lowest BCUT2D eigenvalue weighted by molar-refractivity contribution is -0.145. The Morgan fingerprint density at radius 3 is 2.38 bits per heavy atom. The SMILES string of the molecule is Cc1cnc(Cl)c(NC(=O)c2cnc(C(F)(F)F)nc2)c1. The second kappa shape index (κ2) is 5.65. The van der Waals surface area contributed by atoms with E-state index < -0.39 is 17.9 Å². The minimum atomic E-state index is -4.65. The van der Waals surface area contributed by atoms with Gasteiger partial charge in [0.05, 0.1) is 11.3 Å². The van der Waals surface area contributed by atoms with E-state index in [-0.39, 0.29) is 16.4 Å². The lowest BCUT2D eigenvalue weighted by Gasteiger charge is -2.08. The molecule has 0 fully saturated rings. The van der Waals surface area contributed by atoms with Crippen LogP contribution in [0.1, 0.15) is 21.7 Å². The molecule has 0 saturated carbocycles. The average Bonchev–Trinajstić information content (AvgIpc) is 2.42. The van der Waals surface area contributed by atoms with Gasteiger partial charge in [0.25, 0.3) is 5.91 Å². The fourth-order valence-electron chi connectivity index (χ4n) is 1.43. The monoisotopic (exact) mass is 316 g/mol. The van der Waals surface area contributed by atoms with Gasteiger partial charge in [-0.2, -0.15) is 13.2 Å². The van der Waals surface area contributed by atoms with Crippen LogP contribution in [0.4, 0.5) is 18.9 Å². The Bertz CT molecular complexity index is 673. The highest BCUT2D eigenvalue weighted by atomic mass is 35.5. The molecule has 2 rings (SSSR count). The third-order valence-corrected chi connectivity index (χ3v) is 2.69. The first-order valence-corrected chi connectivity index (χ1v) is 5.98. The summed E-state index contributed by atoms with van der Waals surface area (Å²) in [7, 11) is 0. The molecule has 110 valence electrons. The summed E-state index contributed by atoms with van der Waals surface area (Å²) in [5, 5.41) is 2.50. The van der Waals surface area contributed by atoms with Crippen molar-refractivity contribution in [3.8, 4) is 0 Å². The van der Waals surface area contributed by atoms with E-state index in [1.807, 2.05) is 0 Å². The number of carbonyl (C=O) groups is 1. The first-order chi connectivity index (χ1) is 9.77. The van der Waals surface area contributed by atoms with E-state index in [0.717, 1.165) is 18.0 Å². The summed E-state index contributed by atoms with van der Waals surface area (Å²) in [6.45, 7) is 1.75. The molecule has 2 heterocycles. The van der Waals surface area contributed by atoms with E-state index in [1.54, 1.807) is 13.0 Å². The normalized spacial score (nSPS) is 11.3. The van der Waals surface area contributed by atoms with Gasteiger partial charge < -0.3 is 5.32 Å². The number of hydrogen-bond acceptors (Lipinski definition) is 4. The number of hydrogen-bond donors (Lipinski definition) is 1. The molecule has 0 spiro atoms. The Kier molecular flexibility index (Phi) is 4.08. The summed E-state index contributed by atoms with van der Waals surface area (Å²) in [4.78, 5) is 21.9. The number of nitrogens with zero attached hydrogens (tertiary/aromatic N) is 3. The zero-order chi connectivity index (χ0) is 15.6. The molecule has 0 aliphatic heterocycles. The fraction of sp³-hybridized carbons (Fsp3) is 0.167. The van der Waals surface area contributed by atoms with Crippen LogP contribution in [0.15, 0.2) is 24.7 Å². The zero-order valence-electron chi connectivity index (χ0n) is 10.6. The van der Waals surface area contributed by atoms with Crippen molar-refractivity contribution in [2.24, 2.45) is 0 Å². The number of alkyl halides is 3. The van der Waals surface area contributed by atoms with Gasteiger partial charge in [-0.3, -0.25) is 4.79 Å². The zero-order valence-corrected chi connectivity index (χ0v) is 11.3. The molecule has 0 radical (unpaired) electrons. The Hall–Kier alpha value is -2.22. The number of nitrogens with one attached hydrogen (secondary N) is 1. The fourth-order valence-corrected chi connectivity index (χ4v) is 1.58. The minimum Gasteiger partial charge on any atom is -0.319 e. The number of anilines is 1. The van der Waals surface area contributed by atoms with Crippen LogP contribution in [0.3, 0.4) is 0 Å². The molecule has 1 N–H and O–H groups in total. The van der Waals surface area contributed by atoms with E-state index in [9.17, 15) is 18.0 Å². The topological polar surface area (TPSA) is 67.8 Å². The molecule has 0 unspecified atom stereocenters. The molecule has 0 atom stereocenters. The summed E-state index contributed by atoms with van der Waals surface area (Å²) < 4.78 is 36.9. The number of amides is 1. The molecule has 21 heavy (non-hydrogen) atoms. The smallest absolute Gasteiger partial charge is 0.319 e. The maximum Gasteiger partial charge on any atom is 0.451 e. The number of rotatable bonds is 2. The predicted molar refractivity (Wildman–Crippen MR) is 69.0 cm³/mol. The molecule has 2 aromatic rings. The molecule has 0 aliphatic rings. The number of carbonyl (C=O) groups excluding carboxylic acids is 1. The van der Waals surface area contributed by atoms with Crippen molar-refractivity contribution >= 4 is 23.2 Å². The number of pyridine rings is 1. The van der Waals surface area contributed by atoms with Gasteiger partial charge in [-0.05, 0) is 18.6 Å². The second-order valence-electron chi connectivity index (χ2n) is 4.10. The van der Waals surface area contributed by atoms with Crippen LogP contribution >= 0.6 is 11.6 Å². The van der Waals surface area contributed by atoms with E-state index in [2.05, 4.69) is 20.3 Å². The van der Waals surface area contributed by atoms with Gasteiger partial charge in [0.1, 0.15) is 0 Å². The van der Waals surface area contributed by atoms with Gasteiger partial charge in [-0.1, -0.05) is 11.6 Å². The second-order valence-corrected chi connectivity index (χ2v) is 4.46. The van der Waals surface area contributed by atoms with Crippen LogP contribution in [-0.4, -0.2) is 20.9 Å². The average molecular weight is 317 g/mol. The first-order valence-electron chi connectivity index (χ1n) is 5.60. The van der Waals surface area contributed by atoms with Gasteiger partial charge >= 0.3 is 6.18 Å². The molecule has 0 bridgehead atoms. The van der Waals surface area contributed by atoms with Gasteiger partial charge in [-0.15, -0.1) is 0 Å². The predicted octanol–water partition coefficient (Wildman–Crippen LogP) is 3.10. The number of halogens is 4. The standard InChI is InChI=1S/C12H8ClF3N4O/c1-6-2-8(9(13)17-3-6)20-10(21)7-4-18-11(19-5-7)12(14,15)16/h2-5H,1H3,(H,20,21). The van der Waals surface area contributed by atoms with E-state index >= 15 is 0 Å². The summed E-state index contributed by atoms with van der Waals surface area (Å²) in [5.74, 6) is -1.99. The van der Waals surface area contributed by atoms with Crippen LogP contribution in [0, 0.1) is 6.92 Å². The van der Waals surface area contributed by atoms with Crippen LogP contribution in [0.5, 0.6) is 0 Å². The van der Waals surface area contributed by atoms with Crippen molar-refractivity contribution in [1.29, 1.82) is 0 Å². The molecule has 2 aromatic heterocycles. The first kappa shape index (κ1) is 15.2. The van der Waals surface area contributed by atoms with E-state index in [1.165, 1.54) is 6.20 Å². The summed E-state index contributed by atoms with van der Waals surface area (Å²) >= 11 is 5.81. The molecule has 0 aromatic carbocycles. The van der Waals surface area contributed by atoms with Crippen molar-refractivity contribution < 1.29 is 18.0 Å². The summed E-state index contributed by atoms with van der Waals surface area (Å²) in [6, 6.07) is 1.58. The molecule has 0 aliphatic carbocycles. The van der Waals surface area contributed by atoms with Crippen LogP contribution in [0.25, 0.3) is 0 Å². The highest BCUT2D eigenvalue weighted by Crippen LogP contribution is 2.25. The van der Waals surface area contributed by atoms with Gasteiger partial charge in [-0.25, -0.2) is 15.0 Å². The van der Waals surface area contributed by atoms with Crippen LogP contribution in [-0.2, 0) is 6.18 Å². The van der Waals surface area contributed by atoms with Crippen molar-refractivity contribution in [2.75, 3.05) is 5.32 Å². The largest absolute Gasteiger partial charge is 0.451 e.